The Hall–Kier alpha value is -1.24. The summed E-state index contributed by atoms with van der Waals surface area (Å²) in [5, 5.41) is 18.9. The zero-order chi connectivity index (χ0) is 13.1. The van der Waals surface area contributed by atoms with E-state index in [0.717, 1.165) is 6.54 Å². The Balaban J connectivity index is 2.06. The van der Waals surface area contributed by atoms with Crippen LogP contribution in [0.25, 0.3) is 0 Å². The lowest BCUT2D eigenvalue weighted by atomic mass is 10.2. The van der Waals surface area contributed by atoms with Crippen LogP contribution in [0.15, 0.2) is 0 Å². The van der Waals surface area contributed by atoms with Crippen LogP contribution >= 0.6 is 11.8 Å². The van der Waals surface area contributed by atoms with Gasteiger partial charge in [0.15, 0.2) is 0 Å². The maximum Gasteiger partial charge on any atom is 0.333 e. The van der Waals surface area contributed by atoms with E-state index in [4.69, 9.17) is 0 Å². The fourth-order valence-electron chi connectivity index (χ4n) is 2.24. The summed E-state index contributed by atoms with van der Waals surface area (Å²) < 4.78 is 1.56. The molecule has 100 valence electrons. The molecule has 1 fully saturated rings. The van der Waals surface area contributed by atoms with E-state index in [-0.39, 0.29) is 10.6 Å². The van der Waals surface area contributed by atoms with Crippen molar-refractivity contribution in [3.63, 3.8) is 0 Å². The lowest BCUT2D eigenvalue weighted by Gasteiger charge is -2.21. The number of rotatable bonds is 4. The summed E-state index contributed by atoms with van der Waals surface area (Å²) in [5.74, 6) is 1.71. The Labute approximate surface area is 110 Å². The van der Waals surface area contributed by atoms with Gasteiger partial charge in [0.1, 0.15) is 5.69 Å². The van der Waals surface area contributed by atoms with Crippen LogP contribution in [0, 0.1) is 17.0 Å². The van der Waals surface area contributed by atoms with Crippen LogP contribution in [0.4, 0.5) is 11.5 Å². The van der Waals surface area contributed by atoms with Gasteiger partial charge in [0, 0.05) is 18.8 Å². The molecule has 1 aromatic rings. The molecule has 1 unspecified atom stereocenters. The van der Waals surface area contributed by atoms with Gasteiger partial charge < -0.3 is 5.32 Å². The van der Waals surface area contributed by atoms with Crippen molar-refractivity contribution in [3.8, 4) is 0 Å². The average molecular weight is 270 g/mol. The topological polar surface area (TPSA) is 73.0 Å². The maximum absolute atomic E-state index is 11.0. The third kappa shape index (κ3) is 2.77. The Morgan fingerprint density at radius 3 is 3.00 bits per heavy atom. The molecule has 0 spiro atoms. The number of nitro groups is 1. The second-order valence-electron chi connectivity index (χ2n) is 4.53. The summed E-state index contributed by atoms with van der Waals surface area (Å²) in [7, 11) is 1.73. The highest BCUT2D eigenvalue weighted by Crippen LogP contribution is 2.29. The van der Waals surface area contributed by atoms with Gasteiger partial charge in [0.25, 0.3) is 0 Å². The van der Waals surface area contributed by atoms with Crippen molar-refractivity contribution in [2.24, 2.45) is 7.05 Å². The van der Waals surface area contributed by atoms with Gasteiger partial charge in [-0.1, -0.05) is 6.42 Å². The molecule has 0 radical (unpaired) electrons. The number of hydrogen-bond donors (Lipinski definition) is 1. The molecule has 0 amide bonds. The first kappa shape index (κ1) is 13.2. The minimum Gasteiger partial charge on any atom is -0.363 e. The second kappa shape index (κ2) is 5.60. The highest BCUT2D eigenvalue weighted by atomic mass is 32.2. The standard InChI is InChI=1S/C11H18N4O2S/c1-8-10(15(16)17)11(14(2)13-8)12-7-9-5-3-4-6-18-9/h9,12H,3-7H2,1-2H3. The van der Waals surface area contributed by atoms with E-state index in [1.807, 2.05) is 11.8 Å². The van der Waals surface area contributed by atoms with E-state index in [1.165, 1.54) is 25.0 Å². The molecular formula is C11H18N4O2S. The molecule has 1 N–H and O–H groups in total. The third-order valence-corrected chi connectivity index (χ3v) is 4.54. The van der Waals surface area contributed by atoms with E-state index in [9.17, 15) is 10.1 Å². The van der Waals surface area contributed by atoms with E-state index in [2.05, 4.69) is 10.4 Å². The molecule has 0 aromatic carbocycles. The van der Waals surface area contributed by atoms with Crippen molar-refractivity contribution >= 4 is 23.3 Å². The van der Waals surface area contributed by atoms with E-state index in [1.54, 1.807) is 18.7 Å². The average Bonchev–Trinajstić information content (AvgIpc) is 2.62. The van der Waals surface area contributed by atoms with Crippen LogP contribution in [0.3, 0.4) is 0 Å². The Morgan fingerprint density at radius 2 is 2.39 bits per heavy atom. The number of aryl methyl sites for hydroxylation is 2. The second-order valence-corrected chi connectivity index (χ2v) is 5.94. The molecule has 1 aliphatic rings. The van der Waals surface area contributed by atoms with E-state index < -0.39 is 0 Å². The fraction of sp³-hybridized carbons (Fsp3) is 0.727. The van der Waals surface area contributed by atoms with Gasteiger partial charge in [-0.25, -0.2) is 4.68 Å². The first-order chi connectivity index (χ1) is 8.59. The molecule has 6 nitrogen and oxygen atoms in total. The monoisotopic (exact) mass is 270 g/mol. The van der Waals surface area contributed by atoms with Crippen molar-refractivity contribution in [2.75, 3.05) is 17.6 Å². The number of anilines is 1. The number of hydrogen-bond acceptors (Lipinski definition) is 5. The Bertz CT molecular complexity index is 440. The van der Waals surface area contributed by atoms with Crippen molar-refractivity contribution in [2.45, 2.75) is 31.4 Å². The van der Waals surface area contributed by atoms with Crippen molar-refractivity contribution in [1.82, 2.24) is 9.78 Å². The molecule has 1 atom stereocenters. The predicted octanol–water partition coefficient (Wildman–Crippen LogP) is 2.33. The minimum absolute atomic E-state index is 0.0957. The SMILES string of the molecule is Cc1nn(C)c(NCC2CCCCS2)c1[N+](=O)[O-]. The van der Waals surface area contributed by atoms with Crippen LogP contribution in [0.1, 0.15) is 25.0 Å². The fourth-order valence-corrected chi connectivity index (χ4v) is 3.48. The van der Waals surface area contributed by atoms with Gasteiger partial charge in [0.05, 0.1) is 4.92 Å². The van der Waals surface area contributed by atoms with Crippen LogP contribution in [-0.2, 0) is 7.05 Å². The van der Waals surface area contributed by atoms with Gasteiger partial charge >= 0.3 is 5.69 Å². The van der Waals surface area contributed by atoms with Crippen molar-refractivity contribution in [1.29, 1.82) is 0 Å². The largest absolute Gasteiger partial charge is 0.363 e. The number of nitrogens with zero attached hydrogens (tertiary/aromatic N) is 3. The van der Waals surface area contributed by atoms with Crippen molar-refractivity contribution < 1.29 is 4.92 Å². The van der Waals surface area contributed by atoms with Gasteiger partial charge in [-0.2, -0.15) is 16.9 Å². The molecule has 2 rings (SSSR count). The van der Waals surface area contributed by atoms with Gasteiger partial charge in [-0.3, -0.25) is 10.1 Å². The molecule has 0 aliphatic carbocycles. The third-order valence-electron chi connectivity index (χ3n) is 3.14. The Morgan fingerprint density at radius 1 is 1.61 bits per heavy atom. The van der Waals surface area contributed by atoms with E-state index in [0.29, 0.717) is 16.8 Å². The maximum atomic E-state index is 11.0. The summed E-state index contributed by atoms with van der Waals surface area (Å²) >= 11 is 1.95. The quantitative estimate of drug-likeness (QED) is 0.671. The van der Waals surface area contributed by atoms with Crippen LogP contribution in [-0.4, -0.2) is 32.3 Å². The highest BCUT2D eigenvalue weighted by Gasteiger charge is 2.24. The molecule has 1 aliphatic heterocycles. The van der Waals surface area contributed by atoms with Gasteiger partial charge in [0.2, 0.25) is 5.82 Å². The zero-order valence-corrected chi connectivity index (χ0v) is 11.5. The summed E-state index contributed by atoms with van der Waals surface area (Å²) in [4.78, 5) is 10.7. The number of thioether (sulfide) groups is 1. The van der Waals surface area contributed by atoms with Crippen LogP contribution in [0.2, 0.25) is 0 Å². The van der Waals surface area contributed by atoms with Gasteiger partial charge in [-0.15, -0.1) is 0 Å². The Kier molecular flexibility index (Phi) is 4.11. The molecule has 1 aromatic heterocycles. The van der Waals surface area contributed by atoms with E-state index >= 15 is 0 Å². The lowest BCUT2D eigenvalue weighted by Crippen LogP contribution is -2.21. The first-order valence-corrected chi connectivity index (χ1v) is 7.18. The molecule has 0 saturated carbocycles. The minimum atomic E-state index is -0.362. The van der Waals surface area contributed by atoms with Gasteiger partial charge in [-0.05, 0) is 25.5 Å². The summed E-state index contributed by atoms with van der Waals surface area (Å²) in [6.45, 7) is 2.43. The molecule has 18 heavy (non-hydrogen) atoms. The number of nitrogens with one attached hydrogen (secondary N) is 1. The van der Waals surface area contributed by atoms with Crippen LogP contribution < -0.4 is 5.32 Å². The first-order valence-electron chi connectivity index (χ1n) is 6.13. The highest BCUT2D eigenvalue weighted by molar-refractivity contribution is 7.99. The molecule has 0 bridgehead atoms. The normalized spacial score (nSPS) is 19.8. The molecular weight excluding hydrogens is 252 g/mol. The zero-order valence-electron chi connectivity index (χ0n) is 10.7. The molecule has 7 heteroatoms. The summed E-state index contributed by atoms with van der Waals surface area (Å²) in [6, 6.07) is 0. The smallest absolute Gasteiger partial charge is 0.333 e. The summed E-state index contributed by atoms with van der Waals surface area (Å²) in [5.41, 5.74) is 0.555. The predicted molar refractivity (Wildman–Crippen MR) is 73.2 cm³/mol. The number of aromatic nitrogens is 2. The lowest BCUT2D eigenvalue weighted by molar-refractivity contribution is -0.384. The van der Waals surface area contributed by atoms with Crippen LogP contribution in [0.5, 0.6) is 0 Å². The summed E-state index contributed by atoms with van der Waals surface area (Å²) in [6.07, 6.45) is 3.72. The van der Waals surface area contributed by atoms with Crippen molar-refractivity contribution in [3.05, 3.63) is 15.8 Å². The molecule has 2 heterocycles. The molecule has 1 saturated heterocycles.